The van der Waals surface area contributed by atoms with Gasteiger partial charge in [0.15, 0.2) is 11.6 Å². The summed E-state index contributed by atoms with van der Waals surface area (Å²) in [6.07, 6.45) is 12.2. The molecule has 1 aromatic carbocycles. The van der Waals surface area contributed by atoms with E-state index in [2.05, 4.69) is 15.0 Å². The molecule has 1 amide bonds. The zero-order chi connectivity index (χ0) is 24.9. The van der Waals surface area contributed by atoms with Crippen LogP contribution >= 0.6 is 11.6 Å². The molecule has 0 aliphatic heterocycles. The quantitative estimate of drug-likeness (QED) is 0.348. The molecule has 0 atom stereocenters. The minimum atomic E-state index is -0.112. The van der Waals surface area contributed by atoms with Crippen LogP contribution in [0, 0.1) is 0 Å². The largest absolute Gasteiger partial charge is 0.495 e. The lowest BCUT2D eigenvalue weighted by atomic mass is 10.2. The van der Waals surface area contributed by atoms with Crippen molar-refractivity contribution >= 4 is 17.5 Å². The monoisotopic (exact) mass is 503 g/mol. The summed E-state index contributed by atoms with van der Waals surface area (Å²) in [7, 11) is 1.58. The Hall–Kier alpha value is -3.85. The normalized spacial score (nSPS) is 13.6. The smallest absolute Gasteiger partial charge is 0.274 e. The Morgan fingerprint density at radius 3 is 2.58 bits per heavy atom. The maximum Gasteiger partial charge on any atom is 0.274 e. The van der Waals surface area contributed by atoms with Crippen molar-refractivity contribution in [1.82, 2.24) is 34.6 Å². The van der Waals surface area contributed by atoms with Gasteiger partial charge in [0.25, 0.3) is 5.91 Å². The van der Waals surface area contributed by atoms with Crippen molar-refractivity contribution in [3.05, 3.63) is 72.0 Å². The van der Waals surface area contributed by atoms with E-state index in [0.717, 1.165) is 36.8 Å². The molecule has 184 valence electrons. The first-order chi connectivity index (χ1) is 17.6. The number of halogens is 1. The molecule has 9 nitrogen and oxygen atoms in total. The lowest BCUT2D eigenvalue weighted by Gasteiger charge is -2.28. The van der Waals surface area contributed by atoms with Crippen LogP contribution in [-0.4, -0.2) is 60.2 Å². The van der Waals surface area contributed by atoms with Gasteiger partial charge in [-0.15, -0.1) is 0 Å². The third-order valence-electron chi connectivity index (χ3n) is 6.38. The van der Waals surface area contributed by atoms with Crippen LogP contribution in [0.25, 0.3) is 22.8 Å². The predicted octanol–water partition coefficient (Wildman–Crippen LogP) is 4.54. The van der Waals surface area contributed by atoms with Crippen molar-refractivity contribution in [2.45, 2.75) is 38.3 Å². The van der Waals surface area contributed by atoms with Crippen LogP contribution < -0.4 is 4.74 Å². The Bertz CT molecular complexity index is 1320. The highest BCUT2D eigenvalue weighted by atomic mass is 35.5. The molecule has 1 aliphatic rings. The average Bonchev–Trinajstić information content (AvgIpc) is 3.61. The summed E-state index contributed by atoms with van der Waals surface area (Å²) < 4.78 is 7.14. The van der Waals surface area contributed by atoms with Gasteiger partial charge in [0.2, 0.25) is 0 Å². The van der Waals surface area contributed by atoms with Crippen molar-refractivity contribution in [2.24, 2.45) is 0 Å². The number of carbonyl (C=O) groups is 1. The van der Waals surface area contributed by atoms with Crippen LogP contribution in [0.3, 0.4) is 0 Å². The van der Waals surface area contributed by atoms with Gasteiger partial charge in [0.1, 0.15) is 11.4 Å². The van der Waals surface area contributed by atoms with Gasteiger partial charge in [0.05, 0.1) is 24.9 Å². The molecule has 0 spiro atoms. The number of rotatable bonds is 8. The number of methoxy groups -OCH3 is 1. The van der Waals surface area contributed by atoms with Crippen molar-refractivity contribution in [2.75, 3.05) is 13.7 Å². The molecule has 0 saturated heterocycles. The Balaban J connectivity index is 1.48. The van der Waals surface area contributed by atoms with Crippen LogP contribution in [0.15, 0.2) is 61.3 Å². The van der Waals surface area contributed by atoms with E-state index in [1.807, 2.05) is 39.9 Å². The van der Waals surface area contributed by atoms with Crippen LogP contribution in [-0.2, 0) is 6.54 Å². The molecule has 3 aromatic heterocycles. The lowest BCUT2D eigenvalue weighted by molar-refractivity contribution is 0.0665. The summed E-state index contributed by atoms with van der Waals surface area (Å²) in [6.45, 7) is 0.926. The molecule has 36 heavy (non-hydrogen) atoms. The molecule has 1 aliphatic carbocycles. The number of ether oxygens (including phenoxy) is 1. The van der Waals surface area contributed by atoms with Crippen LogP contribution in [0.4, 0.5) is 0 Å². The second-order valence-electron chi connectivity index (χ2n) is 8.59. The van der Waals surface area contributed by atoms with E-state index in [4.69, 9.17) is 26.4 Å². The van der Waals surface area contributed by atoms with Gasteiger partial charge in [-0.2, -0.15) is 5.10 Å². The molecule has 10 heteroatoms. The molecule has 0 radical (unpaired) electrons. The zero-order valence-corrected chi connectivity index (χ0v) is 20.7. The van der Waals surface area contributed by atoms with E-state index in [1.165, 1.54) is 6.20 Å². The standard InChI is InChI=1S/C26H26ClN7O2/c1-36-23-7-6-19(16-21(23)27)25-31-24(18-8-10-28-11-9-18)32-34(25)15-14-33(20-4-2-3-5-20)26(35)22-17-29-12-13-30-22/h6-13,16-17,20H,2-5,14-15H2,1H3. The number of hydrogen-bond donors (Lipinski definition) is 0. The number of hydrogen-bond acceptors (Lipinski definition) is 7. The average molecular weight is 504 g/mol. The number of amides is 1. The first-order valence-corrected chi connectivity index (χ1v) is 12.3. The van der Waals surface area contributed by atoms with Gasteiger partial charge >= 0.3 is 0 Å². The van der Waals surface area contributed by atoms with Crippen molar-refractivity contribution in [1.29, 1.82) is 0 Å². The summed E-state index contributed by atoms with van der Waals surface area (Å²) in [5, 5.41) is 5.28. The number of carbonyl (C=O) groups excluding carboxylic acids is 1. The number of benzene rings is 1. The number of aromatic nitrogens is 6. The van der Waals surface area contributed by atoms with Crippen LogP contribution in [0.2, 0.25) is 5.02 Å². The molecule has 0 unspecified atom stereocenters. The molecule has 0 bridgehead atoms. The molecular formula is C26H26ClN7O2. The van der Waals surface area contributed by atoms with Crippen molar-refractivity contribution in [3.63, 3.8) is 0 Å². The van der Waals surface area contributed by atoms with E-state index < -0.39 is 0 Å². The molecule has 5 rings (SSSR count). The van der Waals surface area contributed by atoms with Gasteiger partial charge in [0, 0.05) is 48.5 Å². The van der Waals surface area contributed by atoms with E-state index in [9.17, 15) is 4.79 Å². The number of pyridine rings is 1. The van der Waals surface area contributed by atoms with E-state index >= 15 is 0 Å². The molecule has 4 aromatic rings. The summed E-state index contributed by atoms with van der Waals surface area (Å²) in [5.74, 6) is 1.71. The molecule has 1 fully saturated rings. The topological polar surface area (TPSA) is 98.9 Å². The molecular weight excluding hydrogens is 478 g/mol. The Labute approximate surface area is 214 Å². The van der Waals surface area contributed by atoms with Crippen LogP contribution in [0.1, 0.15) is 36.2 Å². The van der Waals surface area contributed by atoms with E-state index in [0.29, 0.717) is 41.2 Å². The Morgan fingerprint density at radius 2 is 1.89 bits per heavy atom. The maximum absolute atomic E-state index is 13.4. The highest BCUT2D eigenvalue weighted by Gasteiger charge is 2.28. The summed E-state index contributed by atoms with van der Waals surface area (Å²) >= 11 is 6.42. The fraction of sp³-hybridized carbons (Fsp3) is 0.308. The first kappa shape index (κ1) is 23.9. The number of nitrogens with zero attached hydrogens (tertiary/aromatic N) is 7. The Kier molecular flexibility index (Phi) is 7.18. The summed E-state index contributed by atoms with van der Waals surface area (Å²) in [4.78, 5) is 32.5. The summed E-state index contributed by atoms with van der Waals surface area (Å²) in [5.41, 5.74) is 2.01. The summed E-state index contributed by atoms with van der Waals surface area (Å²) in [6, 6.07) is 9.43. The minimum absolute atomic E-state index is 0.112. The fourth-order valence-electron chi connectivity index (χ4n) is 4.57. The minimum Gasteiger partial charge on any atom is -0.495 e. The zero-order valence-electron chi connectivity index (χ0n) is 19.9. The molecule has 0 N–H and O–H groups in total. The third-order valence-corrected chi connectivity index (χ3v) is 6.68. The maximum atomic E-state index is 13.4. The van der Waals surface area contributed by atoms with Gasteiger partial charge in [-0.25, -0.2) is 14.6 Å². The Morgan fingerprint density at radius 1 is 1.08 bits per heavy atom. The van der Waals surface area contributed by atoms with Gasteiger partial charge in [-0.05, 0) is 43.2 Å². The lowest BCUT2D eigenvalue weighted by Crippen LogP contribution is -2.41. The second-order valence-corrected chi connectivity index (χ2v) is 9.00. The highest BCUT2D eigenvalue weighted by molar-refractivity contribution is 6.32. The van der Waals surface area contributed by atoms with Crippen molar-refractivity contribution in [3.8, 4) is 28.5 Å². The highest BCUT2D eigenvalue weighted by Crippen LogP contribution is 2.31. The van der Waals surface area contributed by atoms with Crippen LogP contribution in [0.5, 0.6) is 5.75 Å². The van der Waals surface area contributed by atoms with Gasteiger partial charge in [-0.3, -0.25) is 14.8 Å². The van der Waals surface area contributed by atoms with Crippen molar-refractivity contribution < 1.29 is 9.53 Å². The predicted molar refractivity (Wildman–Crippen MR) is 136 cm³/mol. The second kappa shape index (κ2) is 10.8. The van der Waals surface area contributed by atoms with Gasteiger partial charge < -0.3 is 9.64 Å². The van der Waals surface area contributed by atoms with Gasteiger partial charge in [-0.1, -0.05) is 24.4 Å². The third kappa shape index (κ3) is 5.06. The SMILES string of the molecule is COc1ccc(-c2nc(-c3ccncc3)nn2CCN(C(=O)c2cnccn2)C2CCCC2)cc1Cl. The molecule has 1 saturated carbocycles. The van der Waals surface area contributed by atoms with E-state index in [1.54, 1.807) is 31.9 Å². The molecule has 3 heterocycles. The van der Waals surface area contributed by atoms with E-state index in [-0.39, 0.29) is 11.9 Å². The fourth-order valence-corrected chi connectivity index (χ4v) is 4.82. The first-order valence-electron chi connectivity index (χ1n) is 11.9.